The second kappa shape index (κ2) is 3.90. The van der Waals surface area contributed by atoms with Gasteiger partial charge in [0, 0.05) is 10.6 Å². The van der Waals surface area contributed by atoms with Crippen molar-refractivity contribution in [2.75, 3.05) is 0 Å². The average Bonchev–Trinajstić information content (AvgIpc) is 2.19. The van der Waals surface area contributed by atoms with E-state index in [1.165, 1.54) is 12.7 Å². The van der Waals surface area contributed by atoms with Gasteiger partial charge in [-0.1, -0.05) is 23.2 Å². The molecule has 0 fully saturated rings. The van der Waals surface area contributed by atoms with Crippen LogP contribution in [0.25, 0.3) is 11.4 Å². The maximum atomic E-state index is 5.98. The fourth-order valence-electron chi connectivity index (χ4n) is 1.05. The van der Waals surface area contributed by atoms with E-state index < -0.39 is 0 Å². The largest absolute Gasteiger partial charge is 0.225 e. The minimum absolute atomic E-state index is 0.531. The van der Waals surface area contributed by atoms with Crippen molar-refractivity contribution in [3.05, 3.63) is 40.9 Å². The van der Waals surface area contributed by atoms with Crippen molar-refractivity contribution in [3.8, 4) is 11.4 Å². The molecule has 1 aromatic heterocycles. The van der Waals surface area contributed by atoms with Crippen molar-refractivity contribution in [1.82, 2.24) is 15.0 Å². The van der Waals surface area contributed by atoms with Crippen LogP contribution >= 0.6 is 23.2 Å². The molecule has 70 valence electrons. The summed E-state index contributed by atoms with van der Waals surface area (Å²) >= 11 is 11.7. The Morgan fingerprint density at radius 3 is 2.36 bits per heavy atom. The first kappa shape index (κ1) is 9.37. The van der Waals surface area contributed by atoms with E-state index in [4.69, 9.17) is 23.2 Å². The average molecular weight is 226 g/mol. The quantitative estimate of drug-likeness (QED) is 0.750. The molecule has 0 atom stereocenters. The van der Waals surface area contributed by atoms with Gasteiger partial charge in [-0.2, -0.15) is 0 Å². The van der Waals surface area contributed by atoms with E-state index in [-0.39, 0.29) is 0 Å². The zero-order valence-electron chi connectivity index (χ0n) is 6.98. The van der Waals surface area contributed by atoms with Crippen LogP contribution in [0.3, 0.4) is 0 Å². The van der Waals surface area contributed by atoms with E-state index in [1.54, 1.807) is 18.2 Å². The van der Waals surface area contributed by atoms with E-state index in [0.717, 1.165) is 5.56 Å². The normalized spacial score (nSPS) is 10.1. The summed E-state index contributed by atoms with van der Waals surface area (Å²) in [6, 6.07) is 5.18. The van der Waals surface area contributed by atoms with Gasteiger partial charge in [-0.25, -0.2) is 15.0 Å². The zero-order chi connectivity index (χ0) is 9.97. The maximum Gasteiger partial charge on any atom is 0.164 e. The van der Waals surface area contributed by atoms with Crippen LogP contribution in [-0.4, -0.2) is 15.0 Å². The van der Waals surface area contributed by atoms with E-state index >= 15 is 0 Å². The molecule has 14 heavy (non-hydrogen) atoms. The van der Waals surface area contributed by atoms with Crippen LogP contribution in [0.2, 0.25) is 10.0 Å². The van der Waals surface area contributed by atoms with Crippen molar-refractivity contribution >= 4 is 23.2 Å². The number of halogens is 2. The summed E-state index contributed by atoms with van der Waals surface area (Å²) in [6.07, 6.45) is 2.85. The predicted molar refractivity (Wildman–Crippen MR) is 55.3 cm³/mol. The smallest absolute Gasteiger partial charge is 0.164 e. The van der Waals surface area contributed by atoms with E-state index in [9.17, 15) is 0 Å². The monoisotopic (exact) mass is 225 g/mol. The Balaban J connectivity index is 2.53. The first-order valence-electron chi connectivity index (χ1n) is 3.85. The highest BCUT2D eigenvalue weighted by Gasteiger charge is 2.05. The topological polar surface area (TPSA) is 38.7 Å². The second-order valence-electron chi connectivity index (χ2n) is 2.59. The first-order valence-corrected chi connectivity index (χ1v) is 4.60. The molecule has 0 aliphatic heterocycles. The molecule has 2 aromatic rings. The molecule has 0 aliphatic rings. The van der Waals surface area contributed by atoms with Crippen molar-refractivity contribution in [1.29, 1.82) is 0 Å². The molecule has 1 heterocycles. The van der Waals surface area contributed by atoms with Gasteiger partial charge < -0.3 is 0 Å². The Labute approximate surface area is 90.8 Å². The first-order chi connectivity index (χ1) is 6.77. The molecular formula is C9H5Cl2N3. The molecule has 0 bridgehead atoms. The third-order valence-corrected chi connectivity index (χ3v) is 2.21. The summed E-state index contributed by atoms with van der Waals surface area (Å²) in [6.45, 7) is 0. The van der Waals surface area contributed by atoms with Crippen LogP contribution in [0.4, 0.5) is 0 Å². The highest BCUT2D eigenvalue weighted by Crippen LogP contribution is 2.27. The summed E-state index contributed by atoms with van der Waals surface area (Å²) in [5, 5.41) is 1.12. The SMILES string of the molecule is Clc1ccc(-c2ncncn2)c(Cl)c1. The van der Waals surface area contributed by atoms with Gasteiger partial charge in [-0.15, -0.1) is 0 Å². The van der Waals surface area contributed by atoms with Crippen LogP contribution in [0, 0.1) is 0 Å². The maximum absolute atomic E-state index is 5.98. The molecule has 0 saturated carbocycles. The van der Waals surface area contributed by atoms with Gasteiger partial charge in [0.1, 0.15) is 12.7 Å². The minimum Gasteiger partial charge on any atom is -0.225 e. The van der Waals surface area contributed by atoms with Crippen molar-refractivity contribution in [3.63, 3.8) is 0 Å². The van der Waals surface area contributed by atoms with Crippen LogP contribution in [0.15, 0.2) is 30.9 Å². The van der Waals surface area contributed by atoms with Gasteiger partial charge >= 0.3 is 0 Å². The highest BCUT2D eigenvalue weighted by atomic mass is 35.5. The lowest BCUT2D eigenvalue weighted by Crippen LogP contribution is -1.89. The lowest BCUT2D eigenvalue weighted by Gasteiger charge is -2.01. The molecule has 0 spiro atoms. The van der Waals surface area contributed by atoms with Crippen molar-refractivity contribution in [2.45, 2.75) is 0 Å². The summed E-state index contributed by atoms with van der Waals surface area (Å²) in [5.74, 6) is 0.543. The van der Waals surface area contributed by atoms with Gasteiger partial charge in [-0.05, 0) is 18.2 Å². The molecule has 3 nitrogen and oxygen atoms in total. The molecule has 0 aliphatic carbocycles. The van der Waals surface area contributed by atoms with Gasteiger partial charge in [-0.3, -0.25) is 0 Å². The Bertz CT molecular complexity index is 445. The van der Waals surface area contributed by atoms with Gasteiger partial charge in [0.2, 0.25) is 0 Å². The molecular weight excluding hydrogens is 221 g/mol. The second-order valence-corrected chi connectivity index (χ2v) is 3.43. The molecule has 0 radical (unpaired) electrons. The van der Waals surface area contributed by atoms with Gasteiger partial charge in [0.15, 0.2) is 5.82 Å². The third kappa shape index (κ3) is 1.84. The van der Waals surface area contributed by atoms with Crippen molar-refractivity contribution in [2.24, 2.45) is 0 Å². The number of hydrogen-bond acceptors (Lipinski definition) is 3. The van der Waals surface area contributed by atoms with Gasteiger partial charge in [0.25, 0.3) is 0 Å². The standard InChI is InChI=1S/C9H5Cl2N3/c10-6-1-2-7(8(11)3-6)9-13-4-12-5-14-9/h1-5H. The lowest BCUT2D eigenvalue weighted by molar-refractivity contribution is 1.06. The zero-order valence-corrected chi connectivity index (χ0v) is 8.50. The van der Waals surface area contributed by atoms with E-state index in [1.807, 2.05) is 0 Å². The van der Waals surface area contributed by atoms with E-state index in [2.05, 4.69) is 15.0 Å². The number of benzene rings is 1. The number of nitrogens with zero attached hydrogens (tertiary/aromatic N) is 3. The Kier molecular flexibility index (Phi) is 2.61. The number of aromatic nitrogens is 3. The summed E-state index contributed by atoms with van der Waals surface area (Å²) < 4.78 is 0. The Hall–Kier alpha value is -1.19. The molecule has 5 heteroatoms. The molecule has 0 unspecified atom stereocenters. The minimum atomic E-state index is 0.531. The predicted octanol–water partition coefficient (Wildman–Crippen LogP) is 2.85. The molecule has 0 amide bonds. The van der Waals surface area contributed by atoms with Crippen LogP contribution in [0.1, 0.15) is 0 Å². The number of rotatable bonds is 1. The van der Waals surface area contributed by atoms with Crippen molar-refractivity contribution < 1.29 is 0 Å². The molecule has 0 saturated heterocycles. The highest BCUT2D eigenvalue weighted by molar-refractivity contribution is 6.36. The molecule has 0 N–H and O–H groups in total. The molecule has 1 aromatic carbocycles. The Morgan fingerprint density at radius 2 is 1.71 bits per heavy atom. The van der Waals surface area contributed by atoms with E-state index in [0.29, 0.717) is 15.9 Å². The fourth-order valence-corrected chi connectivity index (χ4v) is 1.54. The Morgan fingerprint density at radius 1 is 1.00 bits per heavy atom. The summed E-state index contributed by atoms with van der Waals surface area (Å²) in [7, 11) is 0. The van der Waals surface area contributed by atoms with Gasteiger partial charge in [0.05, 0.1) is 5.02 Å². The molecule has 2 rings (SSSR count). The third-order valence-electron chi connectivity index (χ3n) is 1.67. The summed E-state index contributed by atoms with van der Waals surface area (Å²) in [5.41, 5.74) is 0.749. The fraction of sp³-hybridized carbons (Fsp3) is 0. The summed E-state index contributed by atoms with van der Waals surface area (Å²) in [4.78, 5) is 11.7. The van der Waals surface area contributed by atoms with Crippen LogP contribution < -0.4 is 0 Å². The lowest BCUT2D eigenvalue weighted by atomic mass is 10.2. The van der Waals surface area contributed by atoms with Crippen LogP contribution in [0.5, 0.6) is 0 Å². The number of hydrogen-bond donors (Lipinski definition) is 0. The van der Waals surface area contributed by atoms with Crippen LogP contribution in [-0.2, 0) is 0 Å².